The zero-order chi connectivity index (χ0) is 11.3. The van der Waals surface area contributed by atoms with E-state index in [0.717, 1.165) is 24.7 Å². The molecule has 1 aliphatic heterocycles. The number of hydrogen-bond acceptors (Lipinski definition) is 2. The number of hydrogen-bond donors (Lipinski definition) is 0. The number of rotatable bonds is 6. The molecule has 15 heavy (non-hydrogen) atoms. The summed E-state index contributed by atoms with van der Waals surface area (Å²) in [7, 11) is 0. The number of Topliss-reactive ketones (excluding diaryl/α,β-unsaturated/α-hetero) is 1. The fourth-order valence-electron chi connectivity index (χ4n) is 2.32. The molecule has 88 valence electrons. The van der Waals surface area contributed by atoms with E-state index in [9.17, 15) is 4.79 Å². The molecule has 0 N–H and O–H groups in total. The zero-order valence-corrected chi connectivity index (χ0v) is 10.5. The van der Waals surface area contributed by atoms with Crippen LogP contribution in [0.2, 0.25) is 0 Å². The van der Waals surface area contributed by atoms with E-state index in [2.05, 4.69) is 18.7 Å². The van der Waals surface area contributed by atoms with Gasteiger partial charge in [-0.05, 0) is 51.1 Å². The van der Waals surface area contributed by atoms with Gasteiger partial charge in [0.2, 0.25) is 0 Å². The number of likely N-dealkylation sites (tertiary alicyclic amines) is 1. The smallest absolute Gasteiger partial charge is 0.129 e. The van der Waals surface area contributed by atoms with Gasteiger partial charge in [0.1, 0.15) is 5.78 Å². The highest BCUT2D eigenvalue weighted by Crippen LogP contribution is 2.23. The van der Waals surface area contributed by atoms with E-state index in [4.69, 9.17) is 0 Å². The second-order valence-corrected chi connectivity index (χ2v) is 5.25. The van der Waals surface area contributed by atoms with Gasteiger partial charge >= 0.3 is 0 Å². The van der Waals surface area contributed by atoms with Crippen LogP contribution >= 0.6 is 0 Å². The minimum Gasteiger partial charge on any atom is -0.303 e. The molecule has 1 atom stereocenters. The van der Waals surface area contributed by atoms with Crippen LogP contribution in [0.25, 0.3) is 0 Å². The van der Waals surface area contributed by atoms with Gasteiger partial charge in [0, 0.05) is 13.0 Å². The van der Waals surface area contributed by atoms with Crippen molar-refractivity contribution in [3.05, 3.63) is 0 Å². The van der Waals surface area contributed by atoms with Gasteiger partial charge in [0.05, 0.1) is 0 Å². The molecule has 1 aliphatic rings. The Kier molecular flexibility index (Phi) is 5.30. The van der Waals surface area contributed by atoms with E-state index in [-0.39, 0.29) is 0 Å². The molecule has 1 fully saturated rings. The molecule has 2 heteroatoms. The first kappa shape index (κ1) is 12.7. The molecule has 1 heterocycles. The van der Waals surface area contributed by atoms with Crippen molar-refractivity contribution in [3.63, 3.8) is 0 Å². The maximum Gasteiger partial charge on any atom is 0.129 e. The predicted molar refractivity (Wildman–Crippen MR) is 63.9 cm³/mol. The highest BCUT2D eigenvalue weighted by atomic mass is 16.1. The lowest BCUT2D eigenvalue weighted by Gasteiger charge is -2.17. The Morgan fingerprint density at radius 1 is 1.40 bits per heavy atom. The van der Waals surface area contributed by atoms with Crippen molar-refractivity contribution in [2.75, 3.05) is 19.6 Å². The number of carbonyl (C=O) groups is 1. The number of nitrogens with zero attached hydrogens (tertiary/aromatic N) is 1. The fraction of sp³-hybridized carbons (Fsp3) is 0.923. The van der Waals surface area contributed by atoms with Crippen molar-refractivity contribution >= 4 is 5.78 Å². The van der Waals surface area contributed by atoms with E-state index >= 15 is 0 Å². The first-order valence-electron chi connectivity index (χ1n) is 6.31. The van der Waals surface area contributed by atoms with Crippen molar-refractivity contribution in [1.29, 1.82) is 0 Å². The highest BCUT2D eigenvalue weighted by molar-refractivity contribution is 5.75. The molecule has 0 aromatic rings. The van der Waals surface area contributed by atoms with E-state index in [0.29, 0.717) is 5.78 Å². The van der Waals surface area contributed by atoms with E-state index in [1.165, 1.54) is 32.5 Å². The molecule has 2 nitrogen and oxygen atoms in total. The Hall–Kier alpha value is -0.370. The normalized spacial score (nSPS) is 22.5. The van der Waals surface area contributed by atoms with Crippen LogP contribution in [0, 0.1) is 11.8 Å². The molecule has 1 unspecified atom stereocenters. The van der Waals surface area contributed by atoms with Crippen molar-refractivity contribution < 1.29 is 4.79 Å². The summed E-state index contributed by atoms with van der Waals surface area (Å²) < 4.78 is 0. The average Bonchev–Trinajstić information content (AvgIpc) is 2.60. The van der Waals surface area contributed by atoms with Crippen LogP contribution in [-0.4, -0.2) is 30.3 Å². The lowest BCUT2D eigenvalue weighted by atomic mass is 9.95. The molecule has 0 bridgehead atoms. The highest BCUT2D eigenvalue weighted by Gasteiger charge is 2.23. The Balaban J connectivity index is 2.06. The molecule has 0 saturated carbocycles. The molecule has 0 aromatic carbocycles. The van der Waals surface area contributed by atoms with Crippen LogP contribution in [0.5, 0.6) is 0 Å². The number of carbonyl (C=O) groups excluding carboxylic acids is 1. The summed E-state index contributed by atoms with van der Waals surface area (Å²) in [6.07, 6.45) is 4.38. The Bertz CT molecular complexity index is 201. The molecule has 0 aromatic heterocycles. The van der Waals surface area contributed by atoms with Crippen LogP contribution in [-0.2, 0) is 4.79 Å². The largest absolute Gasteiger partial charge is 0.303 e. The average molecular weight is 211 g/mol. The molecule has 0 spiro atoms. The quantitative estimate of drug-likeness (QED) is 0.630. The Morgan fingerprint density at radius 3 is 2.67 bits per heavy atom. The lowest BCUT2D eigenvalue weighted by molar-refractivity contribution is -0.117. The second-order valence-electron chi connectivity index (χ2n) is 5.25. The molecule has 0 radical (unpaired) electrons. The van der Waals surface area contributed by atoms with Crippen LogP contribution in [0.15, 0.2) is 0 Å². The van der Waals surface area contributed by atoms with Crippen molar-refractivity contribution in [2.45, 2.75) is 46.5 Å². The SMILES string of the molecule is CC(=O)CCCCN1CCC(C(C)C)C1. The van der Waals surface area contributed by atoms with Gasteiger partial charge in [0.25, 0.3) is 0 Å². The molecular weight excluding hydrogens is 186 g/mol. The predicted octanol–water partition coefficient (Wildman–Crippen LogP) is 2.72. The van der Waals surface area contributed by atoms with E-state index in [1.807, 2.05) is 0 Å². The van der Waals surface area contributed by atoms with Crippen LogP contribution in [0.3, 0.4) is 0 Å². The van der Waals surface area contributed by atoms with Crippen molar-refractivity contribution in [1.82, 2.24) is 4.90 Å². The third kappa shape index (κ3) is 4.78. The summed E-state index contributed by atoms with van der Waals surface area (Å²) >= 11 is 0. The van der Waals surface area contributed by atoms with Gasteiger partial charge in [-0.1, -0.05) is 13.8 Å². The third-order valence-corrected chi connectivity index (χ3v) is 3.50. The van der Waals surface area contributed by atoms with Crippen LogP contribution < -0.4 is 0 Å². The number of unbranched alkanes of at least 4 members (excludes halogenated alkanes) is 1. The van der Waals surface area contributed by atoms with Crippen molar-refractivity contribution in [3.8, 4) is 0 Å². The van der Waals surface area contributed by atoms with Gasteiger partial charge in [-0.15, -0.1) is 0 Å². The summed E-state index contributed by atoms with van der Waals surface area (Å²) in [5.74, 6) is 2.06. The maximum atomic E-state index is 10.8. The van der Waals surface area contributed by atoms with Gasteiger partial charge in [-0.25, -0.2) is 0 Å². The van der Waals surface area contributed by atoms with Gasteiger partial charge in [-0.3, -0.25) is 0 Å². The van der Waals surface area contributed by atoms with Crippen LogP contribution in [0.1, 0.15) is 46.5 Å². The van der Waals surface area contributed by atoms with Gasteiger partial charge in [0.15, 0.2) is 0 Å². The molecule has 0 aliphatic carbocycles. The minimum atomic E-state index is 0.330. The third-order valence-electron chi connectivity index (χ3n) is 3.50. The summed E-state index contributed by atoms with van der Waals surface area (Å²) in [6, 6.07) is 0. The van der Waals surface area contributed by atoms with Crippen LogP contribution in [0.4, 0.5) is 0 Å². The fourth-order valence-corrected chi connectivity index (χ4v) is 2.32. The lowest BCUT2D eigenvalue weighted by Crippen LogP contribution is -2.23. The molecule has 0 amide bonds. The topological polar surface area (TPSA) is 20.3 Å². The molecule has 1 rings (SSSR count). The number of ketones is 1. The van der Waals surface area contributed by atoms with E-state index in [1.54, 1.807) is 6.92 Å². The minimum absolute atomic E-state index is 0.330. The van der Waals surface area contributed by atoms with Crippen molar-refractivity contribution in [2.24, 2.45) is 11.8 Å². The summed E-state index contributed by atoms with van der Waals surface area (Å²) in [4.78, 5) is 13.3. The monoisotopic (exact) mass is 211 g/mol. The molecule has 1 saturated heterocycles. The van der Waals surface area contributed by atoms with Gasteiger partial charge in [-0.2, -0.15) is 0 Å². The zero-order valence-electron chi connectivity index (χ0n) is 10.5. The standard InChI is InChI=1S/C13H25NO/c1-11(2)13-7-9-14(10-13)8-5-4-6-12(3)15/h11,13H,4-10H2,1-3H3. The summed E-state index contributed by atoms with van der Waals surface area (Å²) in [6.45, 7) is 10.1. The summed E-state index contributed by atoms with van der Waals surface area (Å²) in [5, 5.41) is 0. The Morgan fingerprint density at radius 2 is 2.13 bits per heavy atom. The Labute approximate surface area is 94.0 Å². The van der Waals surface area contributed by atoms with E-state index < -0.39 is 0 Å². The second kappa shape index (κ2) is 6.26. The first-order chi connectivity index (χ1) is 7.09. The molecular formula is C13H25NO. The summed E-state index contributed by atoms with van der Waals surface area (Å²) in [5.41, 5.74) is 0. The first-order valence-corrected chi connectivity index (χ1v) is 6.31. The van der Waals surface area contributed by atoms with Gasteiger partial charge < -0.3 is 9.69 Å². The maximum absolute atomic E-state index is 10.8.